The predicted molar refractivity (Wildman–Crippen MR) is 93.8 cm³/mol. The van der Waals surface area contributed by atoms with Crippen LogP contribution in [0.5, 0.6) is 0 Å². The molecule has 1 aromatic carbocycles. The highest BCUT2D eigenvalue weighted by atomic mass is 19.3. The third-order valence-electron chi connectivity index (χ3n) is 4.69. The summed E-state index contributed by atoms with van der Waals surface area (Å²) in [6.45, 7) is -0.667. The Kier molecular flexibility index (Phi) is 5.88. The molecule has 1 aliphatic rings. The first-order chi connectivity index (χ1) is 13.4. The first kappa shape index (κ1) is 19.7. The van der Waals surface area contributed by atoms with E-state index in [0.29, 0.717) is 5.56 Å². The summed E-state index contributed by atoms with van der Waals surface area (Å²) in [5, 5.41) is 9.61. The lowest BCUT2D eigenvalue weighted by Crippen LogP contribution is -2.46. The second kappa shape index (κ2) is 8.34. The second-order valence-electron chi connectivity index (χ2n) is 6.45. The van der Waals surface area contributed by atoms with Gasteiger partial charge in [-0.2, -0.15) is 0 Å². The number of aromatic amines is 1. The van der Waals surface area contributed by atoms with Crippen LogP contribution in [0.25, 0.3) is 0 Å². The van der Waals surface area contributed by atoms with Crippen LogP contribution in [0.3, 0.4) is 0 Å². The van der Waals surface area contributed by atoms with Gasteiger partial charge < -0.3 is 9.84 Å². The number of ether oxygens (including phenoxy) is 1. The zero-order chi connectivity index (χ0) is 20.3. The number of nitrogens with zero attached hydrogens (tertiary/aromatic N) is 2. The maximum Gasteiger partial charge on any atom is 0.412 e. The normalized spacial score (nSPS) is 21.9. The van der Waals surface area contributed by atoms with Crippen LogP contribution in [-0.4, -0.2) is 44.7 Å². The van der Waals surface area contributed by atoms with E-state index in [4.69, 9.17) is 4.74 Å². The average Bonchev–Trinajstić information content (AvgIpc) is 3.07. The third kappa shape index (κ3) is 3.96. The van der Waals surface area contributed by atoms with E-state index in [1.54, 1.807) is 30.3 Å². The van der Waals surface area contributed by atoms with Crippen molar-refractivity contribution in [1.29, 1.82) is 0 Å². The van der Waals surface area contributed by atoms with E-state index in [2.05, 4.69) is 0 Å². The Labute approximate surface area is 158 Å². The van der Waals surface area contributed by atoms with Crippen LogP contribution in [0.4, 0.5) is 13.6 Å². The first-order valence-electron chi connectivity index (χ1n) is 8.62. The van der Waals surface area contributed by atoms with Gasteiger partial charge in [-0.3, -0.25) is 19.2 Å². The molecule has 2 aromatic rings. The summed E-state index contributed by atoms with van der Waals surface area (Å²) >= 11 is 0. The largest absolute Gasteiger partial charge is 0.444 e. The van der Waals surface area contributed by atoms with Crippen molar-refractivity contribution in [2.24, 2.45) is 5.92 Å². The number of alkyl halides is 2. The van der Waals surface area contributed by atoms with E-state index in [1.807, 2.05) is 4.98 Å². The molecule has 0 spiro atoms. The SMILES string of the molecule is O=C(OCc1ccccc1)N1[C@H](CO)C[C@H](C(F)F)[C@H]1n1ccc(=O)[nH]c1=O. The summed E-state index contributed by atoms with van der Waals surface area (Å²) in [5.74, 6) is -1.41. The average molecular weight is 395 g/mol. The molecular formula is C18H19F2N3O5. The molecule has 28 heavy (non-hydrogen) atoms. The van der Waals surface area contributed by atoms with Gasteiger partial charge in [0.15, 0.2) is 0 Å². The topological polar surface area (TPSA) is 105 Å². The number of aliphatic hydroxyl groups is 1. The fourth-order valence-electron chi connectivity index (χ4n) is 3.39. The molecule has 3 atom stereocenters. The zero-order valence-corrected chi connectivity index (χ0v) is 14.7. The molecule has 1 aromatic heterocycles. The number of likely N-dealkylation sites (tertiary alicyclic amines) is 1. The van der Waals surface area contributed by atoms with Crippen molar-refractivity contribution in [2.45, 2.75) is 31.7 Å². The Hall–Kier alpha value is -3.01. The smallest absolute Gasteiger partial charge is 0.412 e. The molecule has 10 heteroatoms. The van der Waals surface area contributed by atoms with Crippen molar-refractivity contribution in [2.75, 3.05) is 6.61 Å². The van der Waals surface area contributed by atoms with Crippen LogP contribution in [0.1, 0.15) is 18.2 Å². The summed E-state index contributed by atoms with van der Waals surface area (Å²) in [6, 6.07) is 8.81. The lowest BCUT2D eigenvalue weighted by atomic mass is 10.0. The van der Waals surface area contributed by atoms with E-state index in [0.717, 1.165) is 21.7 Å². The maximum atomic E-state index is 13.6. The Morgan fingerprint density at radius 1 is 1.25 bits per heavy atom. The highest BCUT2D eigenvalue weighted by Gasteiger charge is 2.49. The predicted octanol–water partition coefficient (Wildman–Crippen LogP) is 1.32. The van der Waals surface area contributed by atoms with Gasteiger partial charge in [0.1, 0.15) is 12.8 Å². The second-order valence-corrected chi connectivity index (χ2v) is 6.45. The van der Waals surface area contributed by atoms with Gasteiger partial charge in [-0.1, -0.05) is 30.3 Å². The number of rotatable bonds is 5. The molecule has 1 saturated heterocycles. The highest BCUT2D eigenvalue weighted by Crippen LogP contribution is 2.40. The standard InChI is InChI=1S/C18H19F2N3O5/c19-15(20)13-8-12(9-24)23(16(13)22-7-6-14(25)21-17(22)26)18(27)28-10-11-4-2-1-3-5-11/h1-7,12-13,15-16,24H,8-10H2,(H,21,25,26)/t12-,13+,16-/m0/s1. The lowest BCUT2D eigenvalue weighted by molar-refractivity contribution is 0.0136. The summed E-state index contributed by atoms with van der Waals surface area (Å²) in [4.78, 5) is 39.1. The number of benzene rings is 1. The van der Waals surface area contributed by atoms with Gasteiger partial charge in [-0.05, 0) is 12.0 Å². The van der Waals surface area contributed by atoms with E-state index < -0.39 is 48.5 Å². The van der Waals surface area contributed by atoms with Crippen molar-refractivity contribution in [1.82, 2.24) is 14.5 Å². The van der Waals surface area contributed by atoms with Gasteiger partial charge in [0.2, 0.25) is 6.43 Å². The van der Waals surface area contributed by atoms with Crippen LogP contribution < -0.4 is 11.2 Å². The van der Waals surface area contributed by atoms with Gasteiger partial charge in [0.05, 0.1) is 18.6 Å². The molecule has 1 amide bonds. The Morgan fingerprint density at radius 2 is 1.96 bits per heavy atom. The molecule has 0 unspecified atom stereocenters. The van der Waals surface area contributed by atoms with Gasteiger partial charge in [0, 0.05) is 12.3 Å². The van der Waals surface area contributed by atoms with Crippen molar-refractivity contribution >= 4 is 6.09 Å². The number of hydrogen-bond acceptors (Lipinski definition) is 5. The van der Waals surface area contributed by atoms with Gasteiger partial charge in [0.25, 0.3) is 5.56 Å². The molecule has 0 radical (unpaired) electrons. The molecule has 8 nitrogen and oxygen atoms in total. The minimum absolute atomic E-state index is 0.0963. The quantitative estimate of drug-likeness (QED) is 0.795. The van der Waals surface area contributed by atoms with E-state index >= 15 is 0 Å². The van der Waals surface area contributed by atoms with Gasteiger partial charge >= 0.3 is 11.8 Å². The van der Waals surface area contributed by atoms with Crippen LogP contribution in [0, 0.1) is 5.92 Å². The fraction of sp³-hybridized carbons (Fsp3) is 0.389. The monoisotopic (exact) mass is 395 g/mol. The molecule has 0 aliphatic carbocycles. The molecule has 1 aliphatic heterocycles. The van der Waals surface area contributed by atoms with E-state index in [1.165, 1.54) is 0 Å². The number of carbonyl (C=O) groups is 1. The summed E-state index contributed by atoms with van der Waals surface area (Å²) in [6.07, 6.45) is -4.35. The number of aromatic nitrogens is 2. The zero-order valence-electron chi connectivity index (χ0n) is 14.7. The molecule has 150 valence electrons. The Bertz CT molecular complexity index is 931. The Morgan fingerprint density at radius 3 is 2.57 bits per heavy atom. The molecule has 0 saturated carbocycles. The molecular weight excluding hydrogens is 376 g/mol. The number of halogens is 2. The number of carbonyl (C=O) groups excluding carboxylic acids is 1. The maximum absolute atomic E-state index is 13.6. The summed E-state index contributed by atoms with van der Waals surface area (Å²) in [5.41, 5.74) is -0.925. The van der Waals surface area contributed by atoms with Crippen LogP contribution in [0.2, 0.25) is 0 Å². The summed E-state index contributed by atoms with van der Waals surface area (Å²) < 4.78 is 33.4. The highest BCUT2D eigenvalue weighted by molar-refractivity contribution is 5.69. The number of H-pyrrole nitrogens is 1. The molecule has 1 fully saturated rings. The van der Waals surface area contributed by atoms with Gasteiger partial charge in [-0.15, -0.1) is 0 Å². The molecule has 3 rings (SSSR count). The third-order valence-corrected chi connectivity index (χ3v) is 4.69. The lowest BCUT2D eigenvalue weighted by Gasteiger charge is -2.31. The van der Waals surface area contributed by atoms with E-state index in [-0.39, 0.29) is 13.0 Å². The Balaban J connectivity index is 1.92. The number of hydrogen-bond donors (Lipinski definition) is 2. The molecule has 0 bridgehead atoms. The van der Waals surface area contributed by atoms with Crippen molar-refractivity contribution < 1.29 is 23.4 Å². The van der Waals surface area contributed by atoms with E-state index in [9.17, 15) is 28.3 Å². The van der Waals surface area contributed by atoms with Crippen molar-refractivity contribution in [3.63, 3.8) is 0 Å². The molecule has 2 N–H and O–H groups in total. The van der Waals surface area contributed by atoms with Crippen LogP contribution >= 0.6 is 0 Å². The van der Waals surface area contributed by atoms with Crippen molar-refractivity contribution in [3.8, 4) is 0 Å². The van der Waals surface area contributed by atoms with Crippen molar-refractivity contribution in [3.05, 3.63) is 69.0 Å². The van der Waals surface area contributed by atoms with Crippen LogP contribution in [-0.2, 0) is 11.3 Å². The van der Waals surface area contributed by atoms with Crippen LogP contribution in [0.15, 0.2) is 52.2 Å². The molecule has 2 heterocycles. The summed E-state index contributed by atoms with van der Waals surface area (Å²) in [7, 11) is 0. The minimum Gasteiger partial charge on any atom is -0.444 e. The number of nitrogens with one attached hydrogen (secondary N) is 1. The number of amides is 1. The van der Waals surface area contributed by atoms with Gasteiger partial charge in [-0.25, -0.2) is 18.4 Å². The first-order valence-corrected chi connectivity index (χ1v) is 8.62. The fourth-order valence-corrected chi connectivity index (χ4v) is 3.39. The number of aliphatic hydroxyl groups excluding tert-OH is 1. The minimum atomic E-state index is -2.86.